The number of carbonyl (C=O) groups excluding carboxylic acids is 2. The van der Waals surface area contributed by atoms with Gasteiger partial charge in [0.2, 0.25) is 0 Å². The van der Waals surface area contributed by atoms with Crippen LogP contribution in [0.4, 0.5) is 0 Å². The maximum absolute atomic E-state index is 13.2. The fourth-order valence-electron chi connectivity index (χ4n) is 2.71. The predicted octanol–water partition coefficient (Wildman–Crippen LogP) is 5.26. The number of carbonyl (C=O) groups is 2. The summed E-state index contributed by atoms with van der Waals surface area (Å²) in [5.74, 6) is -1.74. The first-order valence-electron chi connectivity index (χ1n) is 8.92. The fourth-order valence-corrected chi connectivity index (χ4v) is 2.97. The molecule has 2 aromatic rings. The highest BCUT2D eigenvalue weighted by Gasteiger charge is 2.33. The molecule has 0 spiro atoms. The molecule has 2 unspecified atom stereocenters. The van der Waals surface area contributed by atoms with Crippen molar-refractivity contribution in [2.75, 3.05) is 13.7 Å². The van der Waals surface area contributed by atoms with Gasteiger partial charge < -0.3 is 9.47 Å². The van der Waals surface area contributed by atoms with E-state index in [4.69, 9.17) is 25.6 Å². The van der Waals surface area contributed by atoms with Crippen LogP contribution in [0.2, 0.25) is 5.02 Å². The number of hydrogen-bond donors (Lipinski definition) is 0. The number of unbranched alkanes of at least 4 members (excludes halogenated alkanes) is 2. The summed E-state index contributed by atoms with van der Waals surface area (Å²) in [4.78, 5) is 25.9. The summed E-state index contributed by atoms with van der Waals surface area (Å²) in [6, 6.07) is 13.8. The molecule has 28 heavy (non-hydrogen) atoms. The van der Waals surface area contributed by atoms with Gasteiger partial charge in [0.15, 0.2) is 5.78 Å². The number of halogens is 1. The van der Waals surface area contributed by atoms with Gasteiger partial charge in [-0.2, -0.15) is 0 Å². The molecule has 150 valence electrons. The maximum Gasteiger partial charge on any atom is 0.321 e. The number of ether oxygens (including phenoxy) is 2. The summed E-state index contributed by atoms with van der Waals surface area (Å²) in [5, 5.41) is 0.245. The molecule has 0 aliphatic carbocycles. The molecule has 0 N–H and O–H groups in total. The van der Waals surface area contributed by atoms with Crippen LogP contribution in [0.15, 0.2) is 48.5 Å². The molecule has 0 fully saturated rings. The van der Waals surface area contributed by atoms with Crippen LogP contribution in [0.3, 0.4) is 0 Å². The largest absolute Gasteiger partial charge is 0.496 e. The highest BCUT2D eigenvalue weighted by atomic mass is 35.5. The number of esters is 1. The van der Waals surface area contributed by atoms with Crippen LogP contribution < -0.4 is 4.74 Å². The van der Waals surface area contributed by atoms with E-state index in [1.807, 2.05) is 6.07 Å². The minimum atomic E-state index is -1.08. The van der Waals surface area contributed by atoms with Crippen molar-refractivity contribution in [3.05, 3.63) is 64.7 Å². The number of methoxy groups -OCH3 is 1. The van der Waals surface area contributed by atoms with Gasteiger partial charge in [0, 0.05) is 0 Å². The Hall–Kier alpha value is -2.23. The van der Waals surface area contributed by atoms with Gasteiger partial charge >= 0.3 is 15.1 Å². The van der Waals surface area contributed by atoms with Crippen LogP contribution in [0.25, 0.3) is 0 Å². The van der Waals surface area contributed by atoms with Gasteiger partial charge in [-0.1, -0.05) is 72.3 Å². The Balaban J connectivity index is 0.00000190. The molecule has 5 nitrogen and oxygen atoms in total. The van der Waals surface area contributed by atoms with Crippen LogP contribution >= 0.6 is 20.7 Å². The molecule has 2 aromatic carbocycles. The van der Waals surface area contributed by atoms with Gasteiger partial charge in [0.25, 0.3) is 0 Å². The smallest absolute Gasteiger partial charge is 0.321 e. The van der Waals surface area contributed by atoms with E-state index in [0.717, 1.165) is 19.3 Å². The van der Waals surface area contributed by atoms with Crippen molar-refractivity contribution >= 4 is 32.5 Å². The number of Topliss-reactive ketones (excluding diaryl/α,β-unsaturated/α-hetero) is 1. The van der Waals surface area contributed by atoms with Crippen LogP contribution in [0.1, 0.15) is 48.0 Å². The second-order valence-corrected chi connectivity index (χ2v) is 6.31. The number of rotatable bonds is 9. The fraction of sp³-hybridized carbons (Fsp3) is 0.333. The van der Waals surface area contributed by atoms with Crippen LogP contribution in [-0.2, 0) is 14.1 Å². The standard InChI is InChI=1S/C21H23ClO4.H2OP/c1-3-4-8-14-26-21(24)18(15-10-6-5-7-11-15)20(23)19-16(22)12-9-13-17(19)25-2;1-2/h5-7,9-13,18H,3-4,8,14H2,1-2H3;2H2/q;+1. The molecule has 0 heterocycles. The van der Waals surface area contributed by atoms with E-state index < -0.39 is 17.7 Å². The third-order valence-corrected chi connectivity index (χ3v) is 4.38. The molecular weight excluding hydrogens is 399 g/mol. The van der Waals surface area contributed by atoms with Gasteiger partial charge in [0.05, 0.1) is 24.3 Å². The molecule has 2 rings (SSSR count). The zero-order chi connectivity index (χ0) is 20.9. The summed E-state index contributed by atoms with van der Waals surface area (Å²) in [6.07, 6.45) is 2.76. The van der Waals surface area contributed by atoms with Crippen molar-refractivity contribution < 1.29 is 23.6 Å². The van der Waals surface area contributed by atoms with Gasteiger partial charge in [0.1, 0.15) is 11.7 Å². The Bertz CT molecular complexity index is 767. The minimum Gasteiger partial charge on any atom is -0.496 e. The summed E-state index contributed by atoms with van der Waals surface area (Å²) >= 11 is 6.23. The first kappa shape index (κ1) is 23.8. The summed E-state index contributed by atoms with van der Waals surface area (Å²) in [6.45, 7) is 2.37. The van der Waals surface area contributed by atoms with Crippen LogP contribution in [0, 0.1) is 0 Å². The first-order valence-corrected chi connectivity index (χ1v) is 9.77. The second kappa shape index (κ2) is 13.0. The summed E-state index contributed by atoms with van der Waals surface area (Å²) in [7, 11) is 2.63. The third kappa shape index (κ3) is 6.43. The molecule has 0 radical (unpaired) electrons. The van der Waals surface area contributed by atoms with Crippen molar-refractivity contribution in [3.63, 3.8) is 0 Å². The second-order valence-electron chi connectivity index (χ2n) is 5.90. The van der Waals surface area contributed by atoms with Gasteiger partial charge in [-0.25, -0.2) is 0 Å². The molecule has 7 heteroatoms. The zero-order valence-corrected chi connectivity index (χ0v) is 17.9. The lowest BCUT2D eigenvalue weighted by Gasteiger charge is -2.18. The molecule has 2 atom stereocenters. The predicted molar refractivity (Wildman–Crippen MR) is 112 cm³/mol. The lowest BCUT2D eigenvalue weighted by Crippen LogP contribution is -2.25. The number of ketones is 1. The highest BCUT2D eigenvalue weighted by Crippen LogP contribution is 2.32. The van der Waals surface area contributed by atoms with Gasteiger partial charge in [-0.05, 0) is 24.1 Å². The number of benzene rings is 2. The van der Waals surface area contributed by atoms with E-state index in [1.54, 1.807) is 42.5 Å². The average molecular weight is 424 g/mol. The lowest BCUT2D eigenvalue weighted by molar-refractivity contribution is -0.144. The molecule has 0 amide bonds. The van der Waals surface area contributed by atoms with Crippen LogP contribution in [-0.4, -0.2) is 25.5 Å². The highest BCUT2D eigenvalue weighted by molar-refractivity contribution is 7.00. The van der Waals surface area contributed by atoms with Gasteiger partial charge in [-0.3, -0.25) is 9.59 Å². The Morgan fingerprint density at radius 3 is 2.32 bits per heavy atom. The quantitative estimate of drug-likeness (QED) is 0.181. The monoisotopic (exact) mass is 423 g/mol. The van der Waals surface area contributed by atoms with Crippen molar-refractivity contribution in [1.82, 2.24) is 0 Å². The van der Waals surface area contributed by atoms with Crippen molar-refractivity contribution in [2.24, 2.45) is 0 Å². The molecule has 0 aliphatic rings. The molecule has 0 bridgehead atoms. The van der Waals surface area contributed by atoms with E-state index >= 15 is 0 Å². The van der Waals surface area contributed by atoms with Gasteiger partial charge in [-0.15, -0.1) is 0 Å². The van der Waals surface area contributed by atoms with Crippen molar-refractivity contribution in [2.45, 2.75) is 32.1 Å². The van der Waals surface area contributed by atoms with Crippen LogP contribution in [0.5, 0.6) is 5.75 Å². The molecule has 0 aliphatic heterocycles. The first-order chi connectivity index (χ1) is 13.6. The molecule has 0 saturated carbocycles. The summed E-state index contributed by atoms with van der Waals surface area (Å²) < 4.78 is 18.8. The zero-order valence-electron chi connectivity index (χ0n) is 16.0. The topological polar surface area (TPSA) is 69.7 Å². The normalized spacial score (nSPS) is 11.0. The van der Waals surface area contributed by atoms with Crippen molar-refractivity contribution in [3.8, 4) is 5.75 Å². The lowest BCUT2D eigenvalue weighted by atomic mass is 9.90. The van der Waals surface area contributed by atoms with E-state index in [-0.39, 0.29) is 10.6 Å². The maximum atomic E-state index is 13.2. The van der Waals surface area contributed by atoms with E-state index in [0.29, 0.717) is 17.9 Å². The molecule has 0 saturated heterocycles. The molecule has 0 aromatic heterocycles. The SMILES string of the molecule is CCCCCOC(=O)C(C(=O)c1c(Cl)cccc1OC)c1ccccc1.O=[PH2+]. The van der Waals surface area contributed by atoms with E-state index in [9.17, 15) is 9.59 Å². The average Bonchev–Trinajstić information content (AvgIpc) is 2.73. The van der Waals surface area contributed by atoms with E-state index in [2.05, 4.69) is 6.92 Å². The minimum absolute atomic E-state index is 0.191. The third-order valence-electron chi connectivity index (χ3n) is 4.06. The molecular formula is C21H25ClO5P+. The van der Waals surface area contributed by atoms with Crippen molar-refractivity contribution in [1.29, 1.82) is 0 Å². The Labute approximate surface area is 172 Å². The van der Waals surface area contributed by atoms with E-state index in [1.165, 1.54) is 16.2 Å². The number of hydrogen-bond acceptors (Lipinski definition) is 5. The Morgan fingerprint density at radius 2 is 1.71 bits per heavy atom. The summed E-state index contributed by atoms with van der Waals surface area (Å²) in [5.41, 5.74) is 0.760. The Morgan fingerprint density at radius 1 is 1.04 bits per heavy atom. The Kier molecular flexibility index (Phi) is 11.1.